The number of benzene rings is 8. The van der Waals surface area contributed by atoms with Crippen molar-refractivity contribution in [2.75, 3.05) is 9.71 Å². The summed E-state index contributed by atoms with van der Waals surface area (Å²) >= 11 is 1.93. The van der Waals surface area contributed by atoms with Gasteiger partial charge >= 0.3 is 6.85 Å². The first-order valence-electron chi connectivity index (χ1n) is 25.4. The second kappa shape index (κ2) is 16.7. The van der Waals surface area contributed by atoms with E-state index in [2.05, 4.69) is 215 Å². The predicted octanol–water partition coefficient (Wildman–Crippen LogP) is 17.1. The minimum Gasteiger partial charge on any atom is -0.376 e. The van der Waals surface area contributed by atoms with E-state index in [0.717, 1.165) is 12.8 Å². The topological polar surface area (TPSA) is 6.48 Å². The van der Waals surface area contributed by atoms with Gasteiger partial charge in [0.25, 0.3) is 0 Å². The third kappa shape index (κ3) is 7.04. The zero-order valence-electron chi connectivity index (χ0n) is 40.6. The van der Waals surface area contributed by atoms with Crippen molar-refractivity contribution in [2.24, 2.45) is 0 Å². The first-order valence-corrected chi connectivity index (χ1v) is 26.2. The molecule has 3 heterocycles. The summed E-state index contributed by atoms with van der Waals surface area (Å²) in [6, 6.07) is 63.8. The summed E-state index contributed by atoms with van der Waals surface area (Å²) in [7, 11) is 0. The second-order valence-corrected chi connectivity index (χ2v) is 22.3. The van der Waals surface area contributed by atoms with Crippen molar-refractivity contribution in [1.82, 2.24) is 0 Å². The van der Waals surface area contributed by atoms with Crippen LogP contribution >= 0.6 is 11.3 Å². The van der Waals surface area contributed by atoms with Crippen LogP contribution in [0.3, 0.4) is 0 Å². The number of unbranched alkanes of at least 4 members (excludes halogenated alkanes) is 2. The van der Waals surface area contributed by atoms with E-state index in [9.17, 15) is 0 Å². The number of fused-ring (bicyclic) bond motifs is 8. The van der Waals surface area contributed by atoms with E-state index in [1.807, 2.05) is 11.3 Å². The molecule has 0 radical (unpaired) electrons. The molecule has 1 aliphatic carbocycles. The van der Waals surface area contributed by atoms with E-state index >= 15 is 0 Å². The van der Waals surface area contributed by atoms with Crippen molar-refractivity contribution in [1.29, 1.82) is 0 Å². The molecule has 1 aromatic heterocycles. The number of anilines is 5. The summed E-state index contributed by atoms with van der Waals surface area (Å²) in [5.41, 5.74) is 22.5. The van der Waals surface area contributed by atoms with Gasteiger partial charge < -0.3 is 9.71 Å². The fourth-order valence-electron chi connectivity index (χ4n) is 11.9. The Balaban J connectivity index is 1.23. The van der Waals surface area contributed by atoms with E-state index in [1.54, 1.807) is 0 Å². The monoisotopic (exact) mass is 900 g/mol. The lowest BCUT2D eigenvalue weighted by Crippen LogP contribution is -2.61. The van der Waals surface area contributed by atoms with Crippen LogP contribution in [-0.4, -0.2) is 6.85 Å². The SMILES string of the molecule is CCCCc1ccc(N2B3c4cc5sc6ccccc6c5cc4N(c4ccc(CCCC)cc4-c4ccccc4)c4cc(-c5ccccc5)cc(c43)-c3cc4c(cc32)C(C)(C)CCC4(C)C)cc1. The van der Waals surface area contributed by atoms with Crippen LogP contribution in [0.25, 0.3) is 53.6 Å². The predicted molar refractivity (Wildman–Crippen MR) is 296 cm³/mol. The molecule has 0 fully saturated rings. The van der Waals surface area contributed by atoms with Crippen molar-refractivity contribution < 1.29 is 0 Å². The third-order valence-electron chi connectivity index (χ3n) is 15.9. The molecule has 2 nitrogen and oxygen atoms in total. The van der Waals surface area contributed by atoms with Crippen molar-refractivity contribution in [2.45, 2.75) is 104 Å². The lowest BCUT2D eigenvalue weighted by molar-refractivity contribution is 0.332. The van der Waals surface area contributed by atoms with Crippen LogP contribution in [0.4, 0.5) is 28.4 Å². The Morgan fingerprint density at radius 2 is 1.13 bits per heavy atom. The Labute approximate surface area is 408 Å². The minimum absolute atomic E-state index is 0.0501. The maximum absolute atomic E-state index is 2.76. The van der Waals surface area contributed by atoms with Crippen LogP contribution in [0.2, 0.25) is 0 Å². The molecule has 12 rings (SSSR count). The van der Waals surface area contributed by atoms with E-state index in [4.69, 9.17) is 0 Å². The van der Waals surface area contributed by atoms with E-state index in [-0.39, 0.29) is 17.7 Å². The van der Waals surface area contributed by atoms with Crippen LogP contribution in [0, 0.1) is 0 Å². The van der Waals surface area contributed by atoms with Gasteiger partial charge in [-0.15, -0.1) is 11.3 Å². The highest BCUT2D eigenvalue weighted by molar-refractivity contribution is 7.26. The molecule has 68 heavy (non-hydrogen) atoms. The largest absolute Gasteiger partial charge is 0.376 e. The van der Waals surface area contributed by atoms with E-state index in [0.29, 0.717) is 0 Å². The number of hydrogen-bond donors (Lipinski definition) is 0. The van der Waals surface area contributed by atoms with Gasteiger partial charge in [0, 0.05) is 54.0 Å². The Kier molecular flexibility index (Phi) is 10.6. The summed E-state index contributed by atoms with van der Waals surface area (Å²) in [5.74, 6) is 0. The molecule has 2 aliphatic heterocycles. The molecule has 0 saturated carbocycles. The van der Waals surface area contributed by atoms with Crippen molar-refractivity contribution in [3.05, 3.63) is 186 Å². The van der Waals surface area contributed by atoms with Gasteiger partial charge in [-0.3, -0.25) is 0 Å². The van der Waals surface area contributed by atoms with Gasteiger partial charge in [-0.1, -0.05) is 151 Å². The first kappa shape index (κ1) is 43.0. The molecule has 9 aromatic rings. The number of thiophene rings is 1. The van der Waals surface area contributed by atoms with Crippen molar-refractivity contribution >= 4 is 77.7 Å². The zero-order chi connectivity index (χ0) is 46.3. The average molecular weight is 901 g/mol. The van der Waals surface area contributed by atoms with Gasteiger partial charge in [0.05, 0.1) is 5.69 Å². The second-order valence-electron chi connectivity index (χ2n) is 21.2. The van der Waals surface area contributed by atoms with Crippen LogP contribution in [-0.2, 0) is 23.7 Å². The average Bonchev–Trinajstić information content (AvgIpc) is 3.74. The van der Waals surface area contributed by atoms with Gasteiger partial charge in [-0.2, -0.15) is 0 Å². The highest BCUT2D eigenvalue weighted by Gasteiger charge is 2.48. The minimum atomic E-state index is -0.0820. The third-order valence-corrected chi connectivity index (χ3v) is 17.0. The normalized spacial score (nSPS) is 15.3. The molecular formula is C64H61BN2S. The highest BCUT2D eigenvalue weighted by atomic mass is 32.1. The molecule has 3 aliphatic rings. The standard InChI is InChI=1S/C64H61BN2S/c1-7-9-19-42-27-30-47(31-28-42)67-57-40-54-53(63(3,4)33-34-64(54,5)6)38-50(57)52-36-46(44-21-13-11-14-22-44)37-59-62(52)65(67)55-41-61-51(48-25-17-18-26-60(48)68-61)39-58(55)66(59)56-32-29-43(20-10-8-2)35-49(56)45-23-15-12-16-24-45/h11-18,21-32,35-41H,7-10,19-20,33-34H2,1-6H3. The fraction of sp³-hybridized carbons (Fsp3) is 0.250. The molecule has 0 N–H and O–H groups in total. The van der Waals surface area contributed by atoms with E-state index < -0.39 is 0 Å². The zero-order valence-corrected chi connectivity index (χ0v) is 41.4. The number of nitrogens with zero attached hydrogens (tertiary/aromatic N) is 2. The maximum Gasteiger partial charge on any atom is 0.333 e. The summed E-state index contributed by atoms with van der Waals surface area (Å²) in [5, 5.41) is 2.64. The van der Waals surface area contributed by atoms with Crippen LogP contribution in [0.5, 0.6) is 0 Å². The summed E-state index contributed by atoms with van der Waals surface area (Å²) in [4.78, 5) is 5.43. The fourth-order valence-corrected chi connectivity index (χ4v) is 13.1. The van der Waals surface area contributed by atoms with Crippen molar-refractivity contribution in [3.63, 3.8) is 0 Å². The lowest BCUT2D eigenvalue weighted by atomic mass is 9.43. The molecule has 4 heteroatoms. The van der Waals surface area contributed by atoms with Crippen LogP contribution in [0.15, 0.2) is 164 Å². The Morgan fingerprint density at radius 1 is 0.485 bits per heavy atom. The molecular weight excluding hydrogens is 840 g/mol. The molecule has 0 spiro atoms. The lowest BCUT2D eigenvalue weighted by Gasteiger charge is -2.48. The number of aryl methyl sites for hydroxylation is 2. The Hall–Kier alpha value is -6.36. The first-order chi connectivity index (χ1) is 33.1. The number of rotatable bonds is 10. The Bertz CT molecular complexity index is 3380. The van der Waals surface area contributed by atoms with E-state index in [1.165, 1.54) is 154 Å². The van der Waals surface area contributed by atoms with Gasteiger partial charge in [0.1, 0.15) is 0 Å². The smallest absolute Gasteiger partial charge is 0.333 e. The quantitative estimate of drug-likeness (QED) is 0.126. The molecule has 0 atom stereocenters. The summed E-state index contributed by atoms with van der Waals surface area (Å²) in [6.45, 7) is 14.4. The summed E-state index contributed by atoms with van der Waals surface area (Å²) < 4.78 is 2.67. The highest BCUT2D eigenvalue weighted by Crippen LogP contribution is 2.55. The van der Waals surface area contributed by atoms with Gasteiger partial charge in [0.2, 0.25) is 0 Å². The maximum atomic E-state index is 2.76. The van der Waals surface area contributed by atoms with Gasteiger partial charge in [-0.05, 0) is 172 Å². The summed E-state index contributed by atoms with van der Waals surface area (Å²) in [6.07, 6.45) is 9.24. The molecule has 8 aromatic carbocycles. The Morgan fingerprint density at radius 3 is 1.85 bits per heavy atom. The molecule has 0 unspecified atom stereocenters. The van der Waals surface area contributed by atoms with Gasteiger partial charge in [-0.25, -0.2) is 0 Å². The van der Waals surface area contributed by atoms with Crippen molar-refractivity contribution in [3.8, 4) is 33.4 Å². The number of hydrogen-bond acceptors (Lipinski definition) is 3. The van der Waals surface area contributed by atoms with Crippen LogP contribution in [0.1, 0.15) is 102 Å². The molecule has 0 saturated heterocycles. The van der Waals surface area contributed by atoms with Crippen LogP contribution < -0.4 is 20.6 Å². The molecule has 0 amide bonds. The van der Waals surface area contributed by atoms with Gasteiger partial charge in [0.15, 0.2) is 0 Å². The molecule has 0 bridgehead atoms. The molecule has 336 valence electrons.